The Morgan fingerprint density at radius 2 is 2.11 bits per heavy atom. The molecule has 0 bridgehead atoms. The average molecular weight is 259 g/mol. The number of rotatable bonds is 2. The predicted octanol–water partition coefficient (Wildman–Crippen LogP) is 3.15. The molecule has 2 rings (SSSR count). The first-order valence-electron chi connectivity index (χ1n) is 6.77. The summed E-state index contributed by atoms with van der Waals surface area (Å²) in [5, 5.41) is 10.1. The molecule has 0 saturated carbocycles. The highest BCUT2D eigenvalue weighted by molar-refractivity contribution is 5.77. The Balaban J connectivity index is 2.22. The second-order valence-corrected chi connectivity index (χ2v) is 5.38. The van der Waals surface area contributed by atoms with Crippen LogP contribution in [0.2, 0.25) is 0 Å². The number of aromatic hydroxyl groups is 1. The van der Waals surface area contributed by atoms with Crippen LogP contribution in [-0.2, 0) is 4.79 Å². The molecular formula is C16H21NO2. The van der Waals surface area contributed by atoms with E-state index in [1.807, 2.05) is 23.1 Å². The van der Waals surface area contributed by atoms with Crippen molar-refractivity contribution < 1.29 is 9.90 Å². The van der Waals surface area contributed by atoms with Crippen molar-refractivity contribution in [2.75, 3.05) is 13.1 Å². The molecule has 102 valence electrons. The Morgan fingerprint density at radius 3 is 2.58 bits per heavy atom. The van der Waals surface area contributed by atoms with E-state index in [9.17, 15) is 9.90 Å². The lowest BCUT2D eigenvalue weighted by Crippen LogP contribution is -2.32. The summed E-state index contributed by atoms with van der Waals surface area (Å²) in [6.45, 7) is 7.18. The standard InChI is InChI=1S/C16H21NO2/c1-11(2)14-4-5-15(16(19)10-14)13-6-8-17(9-7-13)12(3)18/h4-6,10-11,19H,7-9H2,1-3H3. The number of carbonyl (C=O) groups is 1. The van der Waals surface area contributed by atoms with Crippen LogP contribution in [0.4, 0.5) is 0 Å². The molecule has 1 aromatic rings. The first kappa shape index (κ1) is 13.7. The van der Waals surface area contributed by atoms with Gasteiger partial charge in [-0.05, 0) is 29.5 Å². The molecular weight excluding hydrogens is 238 g/mol. The summed E-state index contributed by atoms with van der Waals surface area (Å²) in [4.78, 5) is 13.1. The first-order chi connectivity index (χ1) is 8.99. The minimum absolute atomic E-state index is 0.106. The molecule has 0 atom stereocenters. The molecule has 0 spiro atoms. The fourth-order valence-electron chi connectivity index (χ4n) is 2.38. The molecule has 3 nitrogen and oxygen atoms in total. The van der Waals surface area contributed by atoms with Crippen molar-refractivity contribution in [3.63, 3.8) is 0 Å². The van der Waals surface area contributed by atoms with Crippen LogP contribution in [0.15, 0.2) is 24.3 Å². The van der Waals surface area contributed by atoms with Crippen LogP contribution in [-0.4, -0.2) is 29.0 Å². The summed E-state index contributed by atoms with van der Waals surface area (Å²) in [6.07, 6.45) is 2.84. The minimum atomic E-state index is 0.106. The van der Waals surface area contributed by atoms with Gasteiger partial charge in [-0.1, -0.05) is 32.1 Å². The van der Waals surface area contributed by atoms with Gasteiger partial charge in [-0.2, -0.15) is 0 Å². The molecule has 1 aromatic carbocycles. The van der Waals surface area contributed by atoms with Crippen molar-refractivity contribution >= 4 is 11.5 Å². The number of carbonyl (C=O) groups excluding carboxylic acids is 1. The van der Waals surface area contributed by atoms with Crippen LogP contribution < -0.4 is 0 Å². The molecule has 0 fully saturated rings. The Kier molecular flexibility index (Phi) is 3.93. The number of phenolic OH excluding ortho intramolecular Hbond substituents is 1. The second kappa shape index (κ2) is 5.47. The number of phenols is 1. The van der Waals surface area contributed by atoms with Crippen LogP contribution in [0, 0.1) is 0 Å². The van der Waals surface area contributed by atoms with Crippen LogP contribution in [0.3, 0.4) is 0 Å². The molecule has 0 unspecified atom stereocenters. The molecule has 0 aliphatic carbocycles. The van der Waals surface area contributed by atoms with E-state index in [0.717, 1.165) is 29.7 Å². The van der Waals surface area contributed by atoms with Gasteiger partial charge in [0.1, 0.15) is 5.75 Å². The minimum Gasteiger partial charge on any atom is -0.507 e. The highest BCUT2D eigenvalue weighted by Crippen LogP contribution is 2.32. The number of benzene rings is 1. The van der Waals surface area contributed by atoms with Crippen molar-refractivity contribution in [3.8, 4) is 5.75 Å². The van der Waals surface area contributed by atoms with E-state index in [4.69, 9.17) is 0 Å². The van der Waals surface area contributed by atoms with E-state index in [2.05, 4.69) is 19.9 Å². The summed E-state index contributed by atoms with van der Waals surface area (Å²) in [6, 6.07) is 5.90. The average Bonchev–Trinajstić information content (AvgIpc) is 2.38. The topological polar surface area (TPSA) is 40.5 Å². The van der Waals surface area contributed by atoms with Crippen LogP contribution in [0.25, 0.3) is 5.57 Å². The highest BCUT2D eigenvalue weighted by Gasteiger charge is 2.17. The lowest BCUT2D eigenvalue weighted by molar-refractivity contribution is -0.128. The van der Waals surface area contributed by atoms with Gasteiger partial charge in [0.15, 0.2) is 0 Å². The normalized spacial score (nSPS) is 15.6. The van der Waals surface area contributed by atoms with Crippen LogP contribution in [0.5, 0.6) is 5.75 Å². The summed E-state index contributed by atoms with van der Waals surface area (Å²) >= 11 is 0. The van der Waals surface area contributed by atoms with E-state index >= 15 is 0 Å². The molecule has 19 heavy (non-hydrogen) atoms. The molecule has 1 heterocycles. The maximum atomic E-state index is 11.3. The first-order valence-corrected chi connectivity index (χ1v) is 6.77. The molecule has 0 radical (unpaired) electrons. The van der Waals surface area contributed by atoms with Gasteiger partial charge in [0.05, 0.1) is 0 Å². The monoisotopic (exact) mass is 259 g/mol. The number of hydrogen-bond acceptors (Lipinski definition) is 2. The zero-order valence-electron chi connectivity index (χ0n) is 11.8. The lowest BCUT2D eigenvalue weighted by Gasteiger charge is -2.25. The molecule has 1 amide bonds. The third-order valence-corrected chi connectivity index (χ3v) is 3.69. The fraction of sp³-hybridized carbons (Fsp3) is 0.438. The Labute approximate surface area is 114 Å². The largest absolute Gasteiger partial charge is 0.507 e. The molecule has 0 saturated heterocycles. The molecule has 3 heteroatoms. The van der Waals surface area contributed by atoms with Gasteiger partial charge in [0.2, 0.25) is 5.91 Å². The molecule has 1 N–H and O–H groups in total. The van der Waals surface area contributed by atoms with Gasteiger partial charge < -0.3 is 10.0 Å². The van der Waals surface area contributed by atoms with Gasteiger partial charge in [0.25, 0.3) is 0 Å². The Hall–Kier alpha value is -1.77. The third kappa shape index (κ3) is 2.98. The van der Waals surface area contributed by atoms with Gasteiger partial charge in [0, 0.05) is 25.6 Å². The van der Waals surface area contributed by atoms with Gasteiger partial charge in [-0.3, -0.25) is 4.79 Å². The highest BCUT2D eigenvalue weighted by atomic mass is 16.3. The van der Waals surface area contributed by atoms with E-state index in [1.165, 1.54) is 0 Å². The summed E-state index contributed by atoms with van der Waals surface area (Å²) in [5.41, 5.74) is 3.17. The molecule has 1 aliphatic rings. The second-order valence-electron chi connectivity index (χ2n) is 5.38. The number of hydrogen-bond donors (Lipinski definition) is 1. The summed E-state index contributed by atoms with van der Waals surface area (Å²) < 4.78 is 0. The predicted molar refractivity (Wildman–Crippen MR) is 77.0 cm³/mol. The van der Waals surface area contributed by atoms with Gasteiger partial charge in [-0.15, -0.1) is 0 Å². The zero-order valence-corrected chi connectivity index (χ0v) is 11.8. The van der Waals surface area contributed by atoms with Crippen molar-refractivity contribution in [3.05, 3.63) is 35.4 Å². The van der Waals surface area contributed by atoms with Crippen molar-refractivity contribution in [1.29, 1.82) is 0 Å². The van der Waals surface area contributed by atoms with E-state index in [-0.39, 0.29) is 5.91 Å². The fourth-order valence-corrected chi connectivity index (χ4v) is 2.38. The van der Waals surface area contributed by atoms with Gasteiger partial charge in [-0.25, -0.2) is 0 Å². The van der Waals surface area contributed by atoms with Crippen molar-refractivity contribution in [2.24, 2.45) is 0 Å². The van der Waals surface area contributed by atoms with Crippen LogP contribution in [0.1, 0.15) is 44.2 Å². The maximum absolute atomic E-state index is 11.3. The molecule has 1 aliphatic heterocycles. The van der Waals surface area contributed by atoms with Crippen molar-refractivity contribution in [1.82, 2.24) is 4.90 Å². The lowest BCUT2D eigenvalue weighted by atomic mass is 9.94. The molecule has 0 aromatic heterocycles. The summed E-state index contributed by atoms with van der Waals surface area (Å²) in [7, 11) is 0. The maximum Gasteiger partial charge on any atom is 0.219 e. The van der Waals surface area contributed by atoms with Crippen molar-refractivity contribution in [2.45, 2.75) is 33.1 Å². The Bertz CT molecular complexity index is 517. The number of nitrogens with zero attached hydrogens (tertiary/aromatic N) is 1. The van der Waals surface area contributed by atoms with E-state index in [0.29, 0.717) is 18.2 Å². The van der Waals surface area contributed by atoms with Crippen LogP contribution >= 0.6 is 0 Å². The zero-order chi connectivity index (χ0) is 14.0. The third-order valence-electron chi connectivity index (χ3n) is 3.69. The van der Waals surface area contributed by atoms with Gasteiger partial charge >= 0.3 is 0 Å². The van der Waals surface area contributed by atoms with E-state index < -0.39 is 0 Å². The smallest absolute Gasteiger partial charge is 0.219 e. The Morgan fingerprint density at radius 1 is 1.37 bits per heavy atom. The SMILES string of the molecule is CC(=O)N1CC=C(c2ccc(C(C)C)cc2O)CC1. The van der Waals surface area contributed by atoms with E-state index in [1.54, 1.807) is 6.92 Å². The number of amides is 1. The quantitative estimate of drug-likeness (QED) is 0.886. The summed E-state index contributed by atoms with van der Waals surface area (Å²) in [5.74, 6) is 0.858.